The summed E-state index contributed by atoms with van der Waals surface area (Å²) >= 11 is 0. The molecule has 0 bridgehead atoms. The lowest BCUT2D eigenvalue weighted by molar-refractivity contribution is -0.137. The summed E-state index contributed by atoms with van der Waals surface area (Å²) in [5.41, 5.74) is 0.580. The van der Waals surface area contributed by atoms with Gasteiger partial charge in [-0.05, 0) is 42.3 Å². The molecule has 0 spiro atoms. The third-order valence-electron chi connectivity index (χ3n) is 5.17. The van der Waals surface area contributed by atoms with Gasteiger partial charge in [0.2, 0.25) is 0 Å². The van der Waals surface area contributed by atoms with Crippen LogP contribution in [-0.4, -0.2) is 31.9 Å². The molecular weight excluding hydrogens is 425 g/mol. The second kappa shape index (κ2) is 7.79. The van der Waals surface area contributed by atoms with Crippen molar-refractivity contribution in [3.05, 3.63) is 71.5 Å². The fourth-order valence-electron chi connectivity index (χ4n) is 3.82. The van der Waals surface area contributed by atoms with Crippen LogP contribution in [0.3, 0.4) is 0 Å². The SMILES string of the molecule is CC1(O)Cc2cccc(Nc3cc(N(C(=O)O)c4cccc(C(F)(F)F)c4)ncn3)c2C1. The average molecular weight is 444 g/mol. The Labute approximate surface area is 181 Å². The normalized spacial score (nSPS) is 17.7. The third-order valence-corrected chi connectivity index (χ3v) is 5.17. The molecule has 1 unspecified atom stereocenters. The van der Waals surface area contributed by atoms with Crippen LogP contribution in [0.4, 0.5) is 41.0 Å². The predicted molar refractivity (Wildman–Crippen MR) is 111 cm³/mol. The van der Waals surface area contributed by atoms with Crippen molar-refractivity contribution in [2.75, 3.05) is 10.2 Å². The molecular formula is C22H19F3N4O3. The molecule has 166 valence electrons. The van der Waals surface area contributed by atoms with E-state index in [1.807, 2.05) is 18.2 Å². The van der Waals surface area contributed by atoms with Crippen molar-refractivity contribution in [3.63, 3.8) is 0 Å². The Bertz CT molecular complexity index is 1180. The van der Waals surface area contributed by atoms with E-state index < -0.39 is 23.4 Å². The summed E-state index contributed by atoms with van der Waals surface area (Å²) in [4.78, 5) is 20.6. The Balaban J connectivity index is 1.67. The first kappa shape index (κ1) is 21.6. The number of hydrogen-bond acceptors (Lipinski definition) is 5. The molecule has 32 heavy (non-hydrogen) atoms. The summed E-state index contributed by atoms with van der Waals surface area (Å²) in [7, 11) is 0. The highest BCUT2D eigenvalue weighted by Crippen LogP contribution is 2.37. The number of nitrogens with one attached hydrogen (secondary N) is 1. The number of aromatic nitrogens is 2. The summed E-state index contributed by atoms with van der Waals surface area (Å²) in [6.07, 6.45) is -4.04. The molecule has 0 fully saturated rings. The number of fused-ring (bicyclic) bond motifs is 1. The van der Waals surface area contributed by atoms with Crippen molar-refractivity contribution >= 4 is 29.1 Å². The highest BCUT2D eigenvalue weighted by atomic mass is 19.4. The second-order valence-corrected chi connectivity index (χ2v) is 7.85. The molecule has 0 aliphatic heterocycles. The van der Waals surface area contributed by atoms with Crippen LogP contribution in [0.1, 0.15) is 23.6 Å². The van der Waals surface area contributed by atoms with Crippen molar-refractivity contribution in [2.24, 2.45) is 0 Å². The molecule has 4 rings (SSSR count). The maximum Gasteiger partial charge on any atom is 0.417 e. The van der Waals surface area contributed by atoms with Crippen LogP contribution < -0.4 is 10.2 Å². The number of carbonyl (C=O) groups is 1. The average Bonchev–Trinajstić information content (AvgIpc) is 3.03. The van der Waals surface area contributed by atoms with Gasteiger partial charge in [-0.25, -0.2) is 19.7 Å². The zero-order valence-electron chi connectivity index (χ0n) is 16.9. The molecule has 3 aromatic rings. The topological polar surface area (TPSA) is 98.6 Å². The van der Waals surface area contributed by atoms with Crippen molar-refractivity contribution < 1.29 is 28.2 Å². The molecule has 0 saturated carbocycles. The standard InChI is InChI=1S/C22H19F3N4O3/c1-21(32)10-13-4-2-7-17(16(13)11-21)28-18-9-19(27-12-26-18)29(20(30)31)15-6-3-5-14(8-15)22(23,24)25/h2-9,12,32H,10-11H2,1H3,(H,30,31)(H,26,27,28). The maximum atomic E-state index is 13.1. The van der Waals surface area contributed by atoms with E-state index in [4.69, 9.17) is 0 Å². The fourth-order valence-corrected chi connectivity index (χ4v) is 3.82. The lowest BCUT2D eigenvalue weighted by Crippen LogP contribution is -2.25. The number of rotatable bonds is 4. The second-order valence-electron chi connectivity index (χ2n) is 7.85. The maximum absolute atomic E-state index is 13.1. The summed E-state index contributed by atoms with van der Waals surface area (Å²) < 4.78 is 39.3. The molecule has 1 aliphatic carbocycles. The lowest BCUT2D eigenvalue weighted by atomic mass is 10.0. The number of anilines is 4. The van der Waals surface area contributed by atoms with Crippen LogP contribution in [0.15, 0.2) is 54.9 Å². The Morgan fingerprint density at radius 3 is 2.59 bits per heavy atom. The van der Waals surface area contributed by atoms with Crippen molar-refractivity contribution in [1.29, 1.82) is 0 Å². The minimum atomic E-state index is -4.62. The van der Waals surface area contributed by atoms with E-state index in [0.29, 0.717) is 23.4 Å². The Morgan fingerprint density at radius 2 is 1.88 bits per heavy atom. The van der Waals surface area contributed by atoms with Crippen LogP contribution in [0, 0.1) is 0 Å². The van der Waals surface area contributed by atoms with Gasteiger partial charge in [-0.15, -0.1) is 0 Å². The van der Waals surface area contributed by atoms with Gasteiger partial charge in [-0.3, -0.25) is 0 Å². The molecule has 3 N–H and O–H groups in total. The van der Waals surface area contributed by atoms with Crippen LogP contribution in [0.25, 0.3) is 0 Å². The van der Waals surface area contributed by atoms with E-state index in [-0.39, 0.29) is 17.3 Å². The first-order valence-corrected chi connectivity index (χ1v) is 9.66. The molecule has 2 aromatic carbocycles. The summed E-state index contributed by atoms with van der Waals surface area (Å²) in [6, 6.07) is 10.9. The number of carboxylic acid groups (broad SMARTS) is 1. The quantitative estimate of drug-likeness (QED) is 0.529. The summed E-state index contributed by atoms with van der Waals surface area (Å²) in [6.45, 7) is 1.75. The molecule has 1 aromatic heterocycles. The first-order valence-electron chi connectivity index (χ1n) is 9.66. The predicted octanol–water partition coefficient (Wildman–Crippen LogP) is 4.90. The van der Waals surface area contributed by atoms with Crippen LogP contribution in [0.5, 0.6) is 0 Å². The highest BCUT2D eigenvalue weighted by molar-refractivity contribution is 5.94. The molecule has 7 nitrogen and oxygen atoms in total. The number of aliphatic hydroxyl groups is 1. The number of amides is 1. The smallest absolute Gasteiger partial charge is 0.417 e. The summed E-state index contributed by atoms with van der Waals surface area (Å²) in [5, 5.41) is 23.2. The van der Waals surface area contributed by atoms with Gasteiger partial charge in [-0.2, -0.15) is 13.2 Å². The molecule has 0 saturated heterocycles. The van der Waals surface area contributed by atoms with Crippen LogP contribution in [-0.2, 0) is 19.0 Å². The van der Waals surface area contributed by atoms with Gasteiger partial charge < -0.3 is 15.5 Å². The number of benzene rings is 2. The summed E-state index contributed by atoms with van der Waals surface area (Å²) in [5.74, 6) is 0.141. The van der Waals surface area contributed by atoms with E-state index in [0.717, 1.165) is 35.7 Å². The van der Waals surface area contributed by atoms with Gasteiger partial charge in [0.25, 0.3) is 0 Å². The highest BCUT2D eigenvalue weighted by Gasteiger charge is 2.33. The molecule has 1 atom stereocenters. The van der Waals surface area contributed by atoms with Crippen LogP contribution >= 0.6 is 0 Å². The minimum absolute atomic E-state index is 0.117. The third kappa shape index (κ3) is 4.35. The Hall–Kier alpha value is -3.66. The van der Waals surface area contributed by atoms with Gasteiger partial charge >= 0.3 is 12.3 Å². The van der Waals surface area contributed by atoms with Crippen molar-refractivity contribution in [3.8, 4) is 0 Å². The molecule has 1 heterocycles. The lowest BCUT2D eigenvalue weighted by Gasteiger charge is -2.20. The number of hydrogen-bond donors (Lipinski definition) is 3. The van der Waals surface area contributed by atoms with Gasteiger partial charge in [0.05, 0.1) is 16.9 Å². The monoisotopic (exact) mass is 444 g/mol. The number of alkyl halides is 3. The largest absolute Gasteiger partial charge is 0.464 e. The van der Waals surface area contributed by atoms with Gasteiger partial charge in [0, 0.05) is 24.6 Å². The number of halogens is 3. The number of nitrogens with zero attached hydrogens (tertiary/aromatic N) is 3. The molecule has 1 amide bonds. The Kier molecular flexibility index (Phi) is 5.25. The minimum Gasteiger partial charge on any atom is -0.464 e. The van der Waals surface area contributed by atoms with Crippen LogP contribution in [0.2, 0.25) is 0 Å². The van der Waals surface area contributed by atoms with Gasteiger partial charge in [0.15, 0.2) is 0 Å². The van der Waals surface area contributed by atoms with E-state index in [2.05, 4.69) is 15.3 Å². The molecule has 1 aliphatic rings. The molecule has 0 radical (unpaired) electrons. The Morgan fingerprint density at radius 1 is 1.12 bits per heavy atom. The zero-order valence-corrected chi connectivity index (χ0v) is 16.9. The first-order chi connectivity index (χ1) is 15.0. The van der Waals surface area contributed by atoms with Crippen molar-refractivity contribution in [2.45, 2.75) is 31.5 Å². The molecule has 10 heteroatoms. The van der Waals surface area contributed by atoms with E-state index in [1.54, 1.807) is 6.92 Å². The van der Waals surface area contributed by atoms with E-state index >= 15 is 0 Å². The van der Waals surface area contributed by atoms with Crippen molar-refractivity contribution in [1.82, 2.24) is 9.97 Å². The zero-order chi connectivity index (χ0) is 23.1. The fraction of sp³-hybridized carbons (Fsp3) is 0.227. The van der Waals surface area contributed by atoms with E-state index in [9.17, 15) is 28.2 Å². The van der Waals surface area contributed by atoms with Gasteiger partial charge in [0.1, 0.15) is 18.0 Å². The van der Waals surface area contributed by atoms with E-state index in [1.165, 1.54) is 12.1 Å². The van der Waals surface area contributed by atoms with Gasteiger partial charge in [-0.1, -0.05) is 18.2 Å².